The van der Waals surface area contributed by atoms with Gasteiger partial charge in [-0.2, -0.15) is 0 Å². The Bertz CT molecular complexity index is 242. The summed E-state index contributed by atoms with van der Waals surface area (Å²) in [4.78, 5) is 11.8. The predicted molar refractivity (Wildman–Crippen MR) is 65.2 cm³/mol. The Morgan fingerprint density at radius 2 is 2.06 bits per heavy atom. The summed E-state index contributed by atoms with van der Waals surface area (Å²) < 4.78 is 0. The van der Waals surface area contributed by atoms with Gasteiger partial charge in [0.2, 0.25) is 5.91 Å². The van der Waals surface area contributed by atoms with Crippen LogP contribution in [0.4, 0.5) is 0 Å². The number of rotatable bonds is 4. The number of hydrogen-bond acceptors (Lipinski definition) is 2. The van der Waals surface area contributed by atoms with Gasteiger partial charge in [-0.15, -0.1) is 0 Å². The van der Waals surface area contributed by atoms with E-state index in [1.165, 1.54) is 19.3 Å². The molecule has 3 nitrogen and oxygen atoms in total. The molecule has 3 heteroatoms. The highest BCUT2D eigenvalue weighted by Gasteiger charge is 2.32. The highest BCUT2D eigenvalue weighted by molar-refractivity contribution is 5.76. The van der Waals surface area contributed by atoms with Crippen molar-refractivity contribution in [2.75, 3.05) is 13.1 Å². The summed E-state index contributed by atoms with van der Waals surface area (Å²) in [7, 11) is 0. The Hall–Kier alpha value is -0.570. The van der Waals surface area contributed by atoms with Crippen molar-refractivity contribution in [3.63, 3.8) is 0 Å². The van der Waals surface area contributed by atoms with E-state index in [2.05, 4.69) is 17.6 Å². The third-order valence-corrected chi connectivity index (χ3v) is 4.14. The van der Waals surface area contributed by atoms with E-state index in [4.69, 9.17) is 0 Å². The molecule has 0 radical (unpaired) electrons. The summed E-state index contributed by atoms with van der Waals surface area (Å²) in [6.07, 6.45) is 7.86. The number of carbonyl (C=O) groups is 1. The van der Waals surface area contributed by atoms with Crippen LogP contribution in [0.15, 0.2) is 0 Å². The minimum Gasteiger partial charge on any atom is -0.351 e. The molecule has 92 valence electrons. The third kappa shape index (κ3) is 3.21. The largest absolute Gasteiger partial charge is 0.351 e. The predicted octanol–water partition coefficient (Wildman–Crippen LogP) is 1.82. The monoisotopic (exact) mass is 224 g/mol. The molecule has 1 amide bonds. The van der Waals surface area contributed by atoms with Crippen LogP contribution in [0.2, 0.25) is 0 Å². The van der Waals surface area contributed by atoms with Gasteiger partial charge in [0.15, 0.2) is 0 Å². The van der Waals surface area contributed by atoms with Crippen LogP contribution in [0.3, 0.4) is 0 Å². The zero-order valence-corrected chi connectivity index (χ0v) is 10.3. The number of piperidine rings is 1. The maximum absolute atomic E-state index is 11.8. The van der Waals surface area contributed by atoms with Crippen molar-refractivity contribution in [3.8, 4) is 0 Å². The average molecular weight is 224 g/mol. The topological polar surface area (TPSA) is 41.1 Å². The Kier molecular flexibility index (Phi) is 3.85. The fourth-order valence-electron chi connectivity index (χ4n) is 2.74. The van der Waals surface area contributed by atoms with Gasteiger partial charge >= 0.3 is 0 Å². The molecular formula is C13H24N2O. The van der Waals surface area contributed by atoms with E-state index in [1.54, 1.807) is 0 Å². The minimum absolute atomic E-state index is 0.130. The molecule has 0 bridgehead atoms. The van der Waals surface area contributed by atoms with Crippen molar-refractivity contribution >= 4 is 5.91 Å². The summed E-state index contributed by atoms with van der Waals surface area (Å²) in [5.74, 6) is 1.03. The molecule has 2 aliphatic rings. The Balaban J connectivity index is 1.63. The lowest BCUT2D eigenvalue weighted by molar-refractivity contribution is -0.124. The third-order valence-electron chi connectivity index (χ3n) is 4.14. The van der Waals surface area contributed by atoms with Gasteiger partial charge in [0.05, 0.1) is 0 Å². The van der Waals surface area contributed by atoms with Crippen LogP contribution in [0, 0.1) is 5.92 Å². The first-order chi connectivity index (χ1) is 7.68. The first-order valence-electron chi connectivity index (χ1n) is 6.70. The molecule has 2 fully saturated rings. The van der Waals surface area contributed by atoms with Crippen molar-refractivity contribution in [1.82, 2.24) is 10.6 Å². The fraction of sp³-hybridized carbons (Fsp3) is 0.923. The van der Waals surface area contributed by atoms with Crippen molar-refractivity contribution in [2.24, 2.45) is 5.92 Å². The van der Waals surface area contributed by atoms with Crippen LogP contribution in [0.25, 0.3) is 0 Å². The van der Waals surface area contributed by atoms with E-state index in [0.29, 0.717) is 0 Å². The van der Waals surface area contributed by atoms with Crippen LogP contribution < -0.4 is 10.6 Å². The van der Waals surface area contributed by atoms with Crippen LogP contribution in [-0.2, 0) is 4.79 Å². The lowest BCUT2D eigenvalue weighted by atomic mass is 9.78. The smallest absolute Gasteiger partial charge is 0.220 e. The zero-order valence-electron chi connectivity index (χ0n) is 10.3. The Morgan fingerprint density at radius 1 is 1.38 bits per heavy atom. The molecule has 0 aromatic heterocycles. The summed E-state index contributed by atoms with van der Waals surface area (Å²) in [6, 6.07) is 0. The second-order valence-electron chi connectivity index (χ2n) is 5.69. The van der Waals surface area contributed by atoms with Crippen molar-refractivity contribution in [2.45, 2.75) is 57.4 Å². The van der Waals surface area contributed by atoms with Crippen molar-refractivity contribution < 1.29 is 4.79 Å². The molecule has 1 aliphatic carbocycles. The zero-order chi connectivity index (χ0) is 11.4. The first-order valence-corrected chi connectivity index (χ1v) is 6.70. The number of amides is 1. The van der Waals surface area contributed by atoms with Crippen LogP contribution in [0.5, 0.6) is 0 Å². The average Bonchev–Trinajstić information content (AvgIpc) is 2.26. The molecule has 0 unspecified atom stereocenters. The fourth-order valence-corrected chi connectivity index (χ4v) is 2.74. The summed E-state index contributed by atoms with van der Waals surface area (Å²) in [5, 5.41) is 6.54. The quantitative estimate of drug-likeness (QED) is 0.765. The van der Waals surface area contributed by atoms with Gasteiger partial charge in [-0.25, -0.2) is 0 Å². The van der Waals surface area contributed by atoms with E-state index < -0.39 is 0 Å². The Morgan fingerprint density at radius 3 is 2.62 bits per heavy atom. The van der Waals surface area contributed by atoms with Gasteiger partial charge in [0, 0.05) is 12.0 Å². The van der Waals surface area contributed by atoms with E-state index >= 15 is 0 Å². The SMILES string of the molecule is CC1(NC(=O)CCC2CCNCC2)CCC1. The van der Waals surface area contributed by atoms with E-state index in [9.17, 15) is 4.79 Å². The van der Waals surface area contributed by atoms with Gasteiger partial charge < -0.3 is 10.6 Å². The molecule has 0 spiro atoms. The second kappa shape index (κ2) is 5.17. The molecule has 1 saturated heterocycles. The highest BCUT2D eigenvalue weighted by atomic mass is 16.1. The first kappa shape index (κ1) is 11.9. The van der Waals surface area contributed by atoms with E-state index in [1.807, 2.05) is 0 Å². The van der Waals surface area contributed by atoms with Crippen LogP contribution >= 0.6 is 0 Å². The number of carbonyl (C=O) groups excluding carboxylic acids is 1. The summed E-state index contributed by atoms with van der Waals surface area (Å²) >= 11 is 0. The molecule has 16 heavy (non-hydrogen) atoms. The molecule has 1 heterocycles. The Labute approximate surface area is 98.4 Å². The molecule has 0 atom stereocenters. The molecule has 1 aliphatic heterocycles. The van der Waals surface area contributed by atoms with E-state index in [-0.39, 0.29) is 11.4 Å². The second-order valence-corrected chi connectivity index (χ2v) is 5.69. The lowest BCUT2D eigenvalue weighted by Crippen LogP contribution is -2.50. The minimum atomic E-state index is 0.130. The molecule has 1 saturated carbocycles. The van der Waals surface area contributed by atoms with Crippen molar-refractivity contribution in [3.05, 3.63) is 0 Å². The number of nitrogens with one attached hydrogen (secondary N) is 2. The maximum Gasteiger partial charge on any atom is 0.220 e. The van der Waals surface area contributed by atoms with Gasteiger partial charge in [0.25, 0.3) is 0 Å². The standard InChI is InChI=1S/C13H24N2O/c1-13(7-2-8-13)15-12(16)4-3-11-5-9-14-10-6-11/h11,14H,2-10H2,1H3,(H,15,16). The summed E-state index contributed by atoms with van der Waals surface area (Å²) in [6.45, 7) is 4.42. The number of hydrogen-bond donors (Lipinski definition) is 2. The van der Waals surface area contributed by atoms with Gasteiger partial charge in [-0.1, -0.05) is 0 Å². The van der Waals surface area contributed by atoms with E-state index in [0.717, 1.165) is 44.7 Å². The molecule has 2 rings (SSSR count). The normalized spacial score (nSPS) is 24.8. The highest BCUT2D eigenvalue weighted by Crippen LogP contribution is 2.31. The molecule has 0 aromatic rings. The van der Waals surface area contributed by atoms with Crippen LogP contribution in [-0.4, -0.2) is 24.5 Å². The lowest BCUT2D eigenvalue weighted by Gasteiger charge is -2.39. The van der Waals surface area contributed by atoms with Crippen LogP contribution in [0.1, 0.15) is 51.9 Å². The summed E-state index contributed by atoms with van der Waals surface area (Å²) in [5.41, 5.74) is 0.130. The molecule has 2 N–H and O–H groups in total. The maximum atomic E-state index is 11.8. The molecular weight excluding hydrogens is 200 g/mol. The molecule has 0 aromatic carbocycles. The van der Waals surface area contributed by atoms with Gasteiger partial charge in [0.1, 0.15) is 0 Å². The van der Waals surface area contributed by atoms with Crippen molar-refractivity contribution in [1.29, 1.82) is 0 Å². The van der Waals surface area contributed by atoms with Gasteiger partial charge in [-0.3, -0.25) is 4.79 Å². The van der Waals surface area contributed by atoms with Gasteiger partial charge in [-0.05, 0) is 64.5 Å².